The molecule has 0 atom stereocenters. The van der Waals surface area contributed by atoms with Crippen LogP contribution in [0.25, 0.3) is 10.9 Å². The molecule has 0 radical (unpaired) electrons. The Balaban J connectivity index is 1.54. The molecular formula is C22H21N5O2. The highest BCUT2D eigenvalue weighted by Gasteiger charge is 2.13. The number of fused-ring (bicyclic) bond motifs is 1. The van der Waals surface area contributed by atoms with Gasteiger partial charge in [0.05, 0.1) is 29.5 Å². The molecule has 146 valence electrons. The minimum absolute atomic E-state index is 0.120. The summed E-state index contributed by atoms with van der Waals surface area (Å²) in [6.07, 6.45) is 1.42. The lowest BCUT2D eigenvalue weighted by Crippen LogP contribution is -2.28. The number of amides is 1. The van der Waals surface area contributed by atoms with Gasteiger partial charge in [-0.25, -0.2) is 9.67 Å². The van der Waals surface area contributed by atoms with Crippen molar-refractivity contribution in [2.75, 3.05) is 5.32 Å². The van der Waals surface area contributed by atoms with Crippen molar-refractivity contribution in [3.05, 3.63) is 88.1 Å². The van der Waals surface area contributed by atoms with E-state index in [1.807, 2.05) is 62.4 Å². The van der Waals surface area contributed by atoms with Crippen molar-refractivity contribution in [3.63, 3.8) is 0 Å². The Morgan fingerprint density at radius 3 is 2.66 bits per heavy atom. The topological polar surface area (TPSA) is 81.8 Å². The van der Waals surface area contributed by atoms with Gasteiger partial charge in [-0.15, -0.1) is 0 Å². The van der Waals surface area contributed by atoms with Gasteiger partial charge < -0.3 is 5.32 Å². The molecule has 7 heteroatoms. The van der Waals surface area contributed by atoms with E-state index in [4.69, 9.17) is 0 Å². The number of hydrogen-bond acceptors (Lipinski definition) is 4. The standard InChI is InChI=1S/C22H21N5O2/c1-15-7-6-10-18-21(15)23-14-26(22(18)29)13-20(28)24-19-11-16(2)25-27(19)12-17-8-4-3-5-9-17/h3-11,14H,12-13H2,1-2H3,(H,24,28). The number of anilines is 1. The number of aromatic nitrogens is 4. The number of para-hydroxylation sites is 1. The van der Waals surface area contributed by atoms with Crippen molar-refractivity contribution in [1.82, 2.24) is 19.3 Å². The summed E-state index contributed by atoms with van der Waals surface area (Å²) < 4.78 is 3.06. The summed E-state index contributed by atoms with van der Waals surface area (Å²) in [5, 5.41) is 7.82. The summed E-state index contributed by atoms with van der Waals surface area (Å²) in [4.78, 5) is 29.7. The van der Waals surface area contributed by atoms with Crippen LogP contribution in [0.4, 0.5) is 5.82 Å². The highest BCUT2D eigenvalue weighted by atomic mass is 16.2. The number of carbonyl (C=O) groups excluding carboxylic acids is 1. The Hall–Kier alpha value is -3.74. The Morgan fingerprint density at radius 1 is 1.07 bits per heavy atom. The van der Waals surface area contributed by atoms with Gasteiger partial charge in [-0.05, 0) is 31.0 Å². The largest absolute Gasteiger partial charge is 0.309 e. The van der Waals surface area contributed by atoms with Gasteiger partial charge in [-0.1, -0.05) is 42.5 Å². The molecule has 1 amide bonds. The minimum Gasteiger partial charge on any atom is -0.309 e. The second kappa shape index (κ2) is 7.71. The van der Waals surface area contributed by atoms with Crippen molar-refractivity contribution >= 4 is 22.6 Å². The van der Waals surface area contributed by atoms with Crippen LogP contribution < -0.4 is 10.9 Å². The predicted molar refractivity (Wildman–Crippen MR) is 112 cm³/mol. The third-order valence-electron chi connectivity index (χ3n) is 4.71. The molecule has 0 aliphatic rings. The van der Waals surface area contributed by atoms with Crippen molar-refractivity contribution in [2.45, 2.75) is 26.9 Å². The second-order valence-electron chi connectivity index (χ2n) is 7.01. The first-order valence-corrected chi connectivity index (χ1v) is 9.34. The van der Waals surface area contributed by atoms with E-state index in [2.05, 4.69) is 15.4 Å². The van der Waals surface area contributed by atoms with E-state index in [0.717, 1.165) is 16.8 Å². The van der Waals surface area contributed by atoms with Crippen LogP contribution in [0.1, 0.15) is 16.8 Å². The fourth-order valence-electron chi connectivity index (χ4n) is 3.31. The van der Waals surface area contributed by atoms with Gasteiger partial charge in [-0.2, -0.15) is 5.10 Å². The smallest absolute Gasteiger partial charge is 0.261 e. The van der Waals surface area contributed by atoms with Crippen LogP contribution >= 0.6 is 0 Å². The maximum atomic E-state index is 12.7. The molecule has 0 aliphatic carbocycles. The minimum atomic E-state index is -0.310. The molecule has 0 saturated heterocycles. The number of nitrogens with one attached hydrogen (secondary N) is 1. The molecule has 0 unspecified atom stereocenters. The number of benzene rings is 2. The van der Waals surface area contributed by atoms with Crippen LogP contribution in [0.5, 0.6) is 0 Å². The maximum absolute atomic E-state index is 12.7. The number of rotatable bonds is 5. The van der Waals surface area contributed by atoms with Crippen LogP contribution in [-0.4, -0.2) is 25.2 Å². The van der Waals surface area contributed by atoms with Gasteiger partial charge in [0.2, 0.25) is 5.91 Å². The fourth-order valence-corrected chi connectivity index (χ4v) is 3.31. The van der Waals surface area contributed by atoms with Crippen molar-refractivity contribution in [2.24, 2.45) is 0 Å². The molecule has 0 fully saturated rings. The average Bonchev–Trinajstić information content (AvgIpc) is 3.04. The Morgan fingerprint density at radius 2 is 1.86 bits per heavy atom. The number of hydrogen-bond donors (Lipinski definition) is 1. The molecule has 2 aromatic heterocycles. The summed E-state index contributed by atoms with van der Waals surface area (Å²) in [6.45, 7) is 4.20. The molecule has 2 aromatic carbocycles. The average molecular weight is 387 g/mol. The lowest BCUT2D eigenvalue weighted by Gasteiger charge is -2.11. The van der Waals surface area contributed by atoms with Gasteiger partial charge in [0.25, 0.3) is 5.56 Å². The van der Waals surface area contributed by atoms with Crippen LogP contribution in [0.15, 0.2) is 65.7 Å². The molecule has 1 N–H and O–H groups in total. The monoisotopic (exact) mass is 387 g/mol. The lowest BCUT2D eigenvalue weighted by atomic mass is 10.1. The molecule has 0 saturated carbocycles. The number of aryl methyl sites for hydroxylation is 2. The Bertz CT molecular complexity index is 1240. The van der Waals surface area contributed by atoms with Crippen LogP contribution in [0.2, 0.25) is 0 Å². The van der Waals surface area contributed by atoms with Crippen LogP contribution in [0.3, 0.4) is 0 Å². The molecule has 2 heterocycles. The second-order valence-corrected chi connectivity index (χ2v) is 7.01. The zero-order valence-corrected chi connectivity index (χ0v) is 16.3. The van der Waals surface area contributed by atoms with Crippen LogP contribution in [-0.2, 0) is 17.9 Å². The molecule has 7 nitrogen and oxygen atoms in total. The fraction of sp³-hybridized carbons (Fsp3) is 0.182. The van der Waals surface area contributed by atoms with Crippen molar-refractivity contribution in [1.29, 1.82) is 0 Å². The maximum Gasteiger partial charge on any atom is 0.261 e. The molecular weight excluding hydrogens is 366 g/mol. The summed E-state index contributed by atoms with van der Waals surface area (Å²) >= 11 is 0. The van der Waals surface area contributed by atoms with E-state index in [9.17, 15) is 9.59 Å². The van der Waals surface area contributed by atoms with E-state index < -0.39 is 0 Å². The van der Waals surface area contributed by atoms with Crippen LogP contribution in [0, 0.1) is 13.8 Å². The van der Waals surface area contributed by atoms with E-state index in [-0.39, 0.29) is 18.0 Å². The van der Waals surface area contributed by atoms with Gasteiger partial charge in [0.1, 0.15) is 12.4 Å². The third kappa shape index (κ3) is 3.94. The molecule has 29 heavy (non-hydrogen) atoms. The first-order chi connectivity index (χ1) is 14.0. The summed E-state index contributed by atoms with van der Waals surface area (Å²) in [7, 11) is 0. The SMILES string of the molecule is Cc1cc(NC(=O)Cn2cnc3c(C)cccc3c2=O)n(Cc2ccccc2)n1. The zero-order valence-electron chi connectivity index (χ0n) is 16.3. The van der Waals surface area contributed by atoms with E-state index in [1.54, 1.807) is 10.7 Å². The van der Waals surface area contributed by atoms with E-state index >= 15 is 0 Å². The summed E-state index contributed by atoms with van der Waals surface area (Å²) in [6, 6.07) is 17.1. The van der Waals surface area contributed by atoms with Gasteiger partial charge in [0, 0.05) is 6.07 Å². The van der Waals surface area contributed by atoms with Gasteiger partial charge in [0.15, 0.2) is 0 Å². The normalized spacial score (nSPS) is 11.0. The first kappa shape index (κ1) is 18.6. The zero-order chi connectivity index (χ0) is 20.4. The molecule has 0 bridgehead atoms. The summed E-state index contributed by atoms with van der Waals surface area (Å²) in [5.74, 6) is 0.282. The van der Waals surface area contributed by atoms with E-state index in [0.29, 0.717) is 23.3 Å². The Labute approximate surface area is 167 Å². The van der Waals surface area contributed by atoms with Gasteiger partial charge in [-0.3, -0.25) is 14.2 Å². The molecule has 0 aliphatic heterocycles. The highest BCUT2D eigenvalue weighted by molar-refractivity contribution is 5.90. The van der Waals surface area contributed by atoms with Gasteiger partial charge >= 0.3 is 0 Å². The molecule has 4 rings (SSSR count). The Kier molecular flexibility index (Phi) is 4.95. The van der Waals surface area contributed by atoms with E-state index in [1.165, 1.54) is 10.9 Å². The third-order valence-corrected chi connectivity index (χ3v) is 4.71. The predicted octanol–water partition coefficient (Wildman–Crippen LogP) is 2.90. The summed E-state index contributed by atoms with van der Waals surface area (Å²) in [5.41, 5.74) is 3.23. The van der Waals surface area contributed by atoms with Crippen molar-refractivity contribution < 1.29 is 4.79 Å². The molecule has 0 spiro atoms. The highest BCUT2D eigenvalue weighted by Crippen LogP contribution is 2.14. The lowest BCUT2D eigenvalue weighted by molar-refractivity contribution is -0.116. The number of nitrogens with zero attached hydrogens (tertiary/aromatic N) is 4. The molecule has 4 aromatic rings. The van der Waals surface area contributed by atoms with Crippen molar-refractivity contribution in [3.8, 4) is 0 Å². The number of carbonyl (C=O) groups is 1. The first-order valence-electron chi connectivity index (χ1n) is 9.34. The quantitative estimate of drug-likeness (QED) is 0.571.